The Morgan fingerprint density at radius 1 is 1.35 bits per heavy atom. The maximum Gasteiger partial charge on any atom is 0.263 e. The summed E-state index contributed by atoms with van der Waals surface area (Å²) in [5, 5.41) is 5.52. The molecule has 0 spiro atoms. The van der Waals surface area contributed by atoms with Crippen LogP contribution in [0.1, 0.15) is 40.0 Å². The van der Waals surface area contributed by atoms with Crippen LogP contribution in [0.5, 0.6) is 0 Å². The lowest BCUT2D eigenvalue weighted by Crippen LogP contribution is -2.33. The summed E-state index contributed by atoms with van der Waals surface area (Å²) in [4.78, 5) is 22.4. The fourth-order valence-corrected chi connectivity index (χ4v) is 3.77. The molecule has 1 atom stereocenters. The summed E-state index contributed by atoms with van der Waals surface area (Å²) in [5.74, 6) is 0.675. The number of anilines is 1. The summed E-state index contributed by atoms with van der Waals surface area (Å²) in [7, 11) is 0. The van der Waals surface area contributed by atoms with Crippen molar-refractivity contribution in [1.29, 1.82) is 0 Å². The second-order valence-electron chi connectivity index (χ2n) is 7.15. The molecule has 2 aromatic heterocycles. The van der Waals surface area contributed by atoms with Crippen LogP contribution in [0.3, 0.4) is 0 Å². The van der Waals surface area contributed by atoms with Gasteiger partial charge in [-0.15, -0.1) is 0 Å². The van der Waals surface area contributed by atoms with E-state index >= 15 is 0 Å². The Morgan fingerprint density at radius 3 is 2.83 bits per heavy atom. The molecule has 3 heterocycles. The predicted molar refractivity (Wildman–Crippen MR) is 96.5 cm³/mol. The highest BCUT2D eigenvalue weighted by Gasteiger charge is 2.23. The lowest BCUT2D eigenvalue weighted by atomic mass is 10.1. The highest BCUT2D eigenvalue weighted by Crippen LogP contribution is 2.24. The van der Waals surface area contributed by atoms with Crippen molar-refractivity contribution in [2.24, 2.45) is 0 Å². The van der Waals surface area contributed by atoms with Crippen LogP contribution < -0.4 is 10.5 Å². The Labute approximate surface area is 140 Å². The summed E-state index contributed by atoms with van der Waals surface area (Å²) in [5.41, 5.74) is 0.354. The lowest BCUT2D eigenvalue weighted by molar-refractivity contribution is 0.366. The van der Waals surface area contributed by atoms with Crippen molar-refractivity contribution in [2.45, 2.75) is 50.8 Å². The van der Waals surface area contributed by atoms with Gasteiger partial charge in [0.1, 0.15) is 5.39 Å². The van der Waals surface area contributed by atoms with E-state index in [1.807, 2.05) is 16.4 Å². The van der Waals surface area contributed by atoms with E-state index in [-0.39, 0.29) is 11.1 Å². The zero-order valence-electron chi connectivity index (χ0n) is 14.3. The van der Waals surface area contributed by atoms with Crippen molar-refractivity contribution in [1.82, 2.24) is 19.7 Å². The van der Waals surface area contributed by atoms with Crippen molar-refractivity contribution in [3.63, 3.8) is 0 Å². The standard InChI is InChI=1S/C16H25N5OS/c1-16(2,3)21-13-12(9-17-21)14(22)19-15(18-13)20-8-6-5-7-11(10-20)23-4/h9,11H,5-8,10H2,1-4H3,(H,18,19,22). The first-order valence-corrected chi connectivity index (χ1v) is 9.45. The third-order valence-electron chi connectivity index (χ3n) is 4.32. The molecule has 23 heavy (non-hydrogen) atoms. The number of aromatic amines is 1. The van der Waals surface area contributed by atoms with Crippen LogP contribution in [-0.2, 0) is 5.54 Å². The van der Waals surface area contributed by atoms with Gasteiger partial charge in [-0.1, -0.05) is 6.42 Å². The van der Waals surface area contributed by atoms with E-state index in [0.29, 0.717) is 22.2 Å². The Balaban J connectivity index is 2.06. The molecule has 1 unspecified atom stereocenters. The van der Waals surface area contributed by atoms with E-state index in [1.54, 1.807) is 6.20 Å². The SMILES string of the molecule is CSC1CCCCN(c2nc3c(cnn3C(C)(C)C)c(=O)[nH]2)C1. The van der Waals surface area contributed by atoms with Crippen LogP contribution in [-0.4, -0.2) is 44.3 Å². The summed E-state index contributed by atoms with van der Waals surface area (Å²) in [6.07, 6.45) is 7.36. The largest absolute Gasteiger partial charge is 0.341 e. The summed E-state index contributed by atoms with van der Waals surface area (Å²) < 4.78 is 1.84. The maximum absolute atomic E-state index is 12.4. The van der Waals surface area contributed by atoms with E-state index in [1.165, 1.54) is 12.8 Å². The zero-order valence-corrected chi connectivity index (χ0v) is 15.1. The molecule has 1 aliphatic heterocycles. The molecule has 1 saturated heterocycles. The van der Waals surface area contributed by atoms with Gasteiger partial charge in [0, 0.05) is 18.3 Å². The summed E-state index contributed by atoms with van der Waals surface area (Å²) >= 11 is 1.90. The first kappa shape index (κ1) is 16.4. The fraction of sp³-hybridized carbons (Fsp3) is 0.688. The molecule has 0 bridgehead atoms. The summed E-state index contributed by atoms with van der Waals surface area (Å²) in [6.45, 7) is 8.07. The molecule has 7 heteroatoms. The van der Waals surface area contributed by atoms with Crippen LogP contribution in [0.15, 0.2) is 11.0 Å². The molecule has 0 saturated carbocycles. The minimum atomic E-state index is -0.208. The van der Waals surface area contributed by atoms with Gasteiger partial charge in [0.25, 0.3) is 5.56 Å². The van der Waals surface area contributed by atoms with Gasteiger partial charge in [-0.3, -0.25) is 9.78 Å². The summed E-state index contributed by atoms with van der Waals surface area (Å²) in [6, 6.07) is 0. The van der Waals surface area contributed by atoms with Crippen LogP contribution in [0.4, 0.5) is 5.95 Å². The van der Waals surface area contributed by atoms with Gasteiger partial charge in [-0.05, 0) is 39.9 Å². The first-order valence-electron chi connectivity index (χ1n) is 8.16. The third-order valence-corrected chi connectivity index (χ3v) is 5.37. The Kier molecular flexibility index (Phi) is 4.40. The molecular formula is C16H25N5OS. The Morgan fingerprint density at radius 2 is 2.13 bits per heavy atom. The molecule has 1 fully saturated rings. The number of hydrogen-bond acceptors (Lipinski definition) is 5. The lowest BCUT2D eigenvalue weighted by Gasteiger charge is -2.25. The molecule has 0 aliphatic carbocycles. The van der Waals surface area contributed by atoms with Gasteiger partial charge in [-0.25, -0.2) is 4.68 Å². The minimum Gasteiger partial charge on any atom is -0.341 e. The topological polar surface area (TPSA) is 66.8 Å². The second-order valence-corrected chi connectivity index (χ2v) is 8.29. The molecule has 2 aromatic rings. The quantitative estimate of drug-likeness (QED) is 0.914. The molecule has 126 valence electrons. The monoisotopic (exact) mass is 335 g/mol. The third kappa shape index (κ3) is 3.24. The minimum absolute atomic E-state index is 0.106. The van der Waals surface area contributed by atoms with E-state index < -0.39 is 0 Å². The molecule has 1 N–H and O–H groups in total. The molecule has 3 rings (SSSR count). The van der Waals surface area contributed by atoms with Crippen LogP contribution in [0.25, 0.3) is 11.0 Å². The average molecular weight is 335 g/mol. The van der Waals surface area contributed by atoms with Gasteiger partial charge >= 0.3 is 0 Å². The number of aromatic nitrogens is 4. The first-order chi connectivity index (χ1) is 10.9. The molecule has 0 aromatic carbocycles. The van der Waals surface area contributed by atoms with Crippen molar-refractivity contribution in [3.8, 4) is 0 Å². The van der Waals surface area contributed by atoms with Gasteiger partial charge in [0.2, 0.25) is 5.95 Å². The predicted octanol–water partition coefficient (Wildman–Crippen LogP) is 2.60. The van der Waals surface area contributed by atoms with E-state index in [9.17, 15) is 4.79 Å². The van der Waals surface area contributed by atoms with Gasteiger partial charge in [0.05, 0.1) is 11.7 Å². The highest BCUT2D eigenvalue weighted by molar-refractivity contribution is 7.99. The Bertz CT molecular complexity index is 745. The van der Waals surface area contributed by atoms with E-state index in [4.69, 9.17) is 4.98 Å². The van der Waals surface area contributed by atoms with Crippen molar-refractivity contribution in [2.75, 3.05) is 24.2 Å². The number of nitrogens with one attached hydrogen (secondary N) is 1. The van der Waals surface area contributed by atoms with Crippen LogP contribution in [0, 0.1) is 0 Å². The number of hydrogen-bond donors (Lipinski definition) is 1. The normalized spacial score (nSPS) is 20.0. The number of fused-ring (bicyclic) bond motifs is 1. The molecule has 1 aliphatic rings. The van der Waals surface area contributed by atoms with Crippen molar-refractivity contribution < 1.29 is 0 Å². The fourth-order valence-electron chi connectivity index (χ4n) is 3.04. The number of rotatable bonds is 2. The number of thioether (sulfide) groups is 1. The molecule has 6 nitrogen and oxygen atoms in total. The van der Waals surface area contributed by atoms with Crippen molar-refractivity contribution in [3.05, 3.63) is 16.6 Å². The van der Waals surface area contributed by atoms with Gasteiger partial charge in [-0.2, -0.15) is 21.8 Å². The van der Waals surface area contributed by atoms with Crippen LogP contribution in [0.2, 0.25) is 0 Å². The van der Waals surface area contributed by atoms with Gasteiger partial charge < -0.3 is 4.90 Å². The Hall–Kier alpha value is -1.50. The number of H-pyrrole nitrogens is 1. The average Bonchev–Trinajstić information content (AvgIpc) is 2.78. The zero-order chi connectivity index (χ0) is 16.6. The van der Waals surface area contributed by atoms with E-state index in [2.05, 4.69) is 42.0 Å². The molecular weight excluding hydrogens is 310 g/mol. The van der Waals surface area contributed by atoms with Crippen LogP contribution >= 0.6 is 11.8 Å². The number of nitrogens with zero attached hydrogens (tertiary/aromatic N) is 4. The second kappa shape index (κ2) is 6.19. The van der Waals surface area contributed by atoms with Crippen molar-refractivity contribution >= 4 is 28.7 Å². The van der Waals surface area contributed by atoms with Gasteiger partial charge in [0.15, 0.2) is 5.65 Å². The van der Waals surface area contributed by atoms with E-state index in [0.717, 1.165) is 19.5 Å². The highest BCUT2D eigenvalue weighted by atomic mass is 32.2. The molecule has 0 radical (unpaired) electrons. The maximum atomic E-state index is 12.4. The molecule has 0 amide bonds. The smallest absolute Gasteiger partial charge is 0.263 e.